The second kappa shape index (κ2) is 5.71. The zero-order valence-corrected chi connectivity index (χ0v) is 11.9. The van der Waals surface area contributed by atoms with Gasteiger partial charge in [0.25, 0.3) is 5.91 Å². The van der Waals surface area contributed by atoms with Gasteiger partial charge < -0.3 is 10.6 Å². The van der Waals surface area contributed by atoms with E-state index >= 15 is 0 Å². The molecule has 1 atom stereocenters. The van der Waals surface area contributed by atoms with Crippen LogP contribution >= 0.6 is 24.0 Å². The number of benzene rings is 1. The molecule has 1 heterocycles. The van der Waals surface area contributed by atoms with Crippen LogP contribution in [0, 0.1) is 0 Å². The predicted octanol–water partition coefficient (Wildman–Crippen LogP) is 1.90. The lowest BCUT2D eigenvalue weighted by atomic mass is 10.1. The highest BCUT2D eigenvalue weighted by molar-refractivity contribution is 7.99. The van der Waals surface area contributed by atoms with E-state index in [1.807, 2.05) is 34.9 Å². The molecule has 1 saturated heterocycles. The van der Waals surface area contributed by atoms with Crippen molar-refractivity contribution < 1.29 is 4.79 Å². The molecule has 96 valence electrons. The van der Waals surface area contributed by atoms with Crippen molar-refractivity contribution in [2.24, 2.45) is 5.73 Å². The largest absolute Gasteiger partial charge is 0.389 e. The molecule has 2 rings (SSSR count). The van der Waals surface area contributed by atoms with Crippen LogP contribution in [0.2, 0.25) is 0 Å². The van der Waals surface area contributed by atoms with Crippen LogP contribution in [0.1, 0.15) is 22.8 Å². The Hall–Kier alpha value is -1.07. The fourth-order valence-corrected chi connectivity index (χ4v) is 3.13. The summed E-state index contributed by atoms with van der Waals surface area (Å²) in [6.45, 7) is 3.77. The minimum atomic E-state index is 0.0697. The summed E-state index contributed by atoms with van der Waals surface area (Å²) in [7, 11) is 0. The van der Waals surface area contributed by atoms with Crippen LogP contribution in [0.15, 0.2) is 24.3 Å². The molecule has 1 aliphatic rings. The van der Waals surface area contributed by atoms with Crippen molar-refractivity contribution in [2.75, 3.05) is 18.8 Å². The molecule has 5 heteroatoms. The third kappa shape index (κ3) is 3.03. The molecule has 1 aromatic rings. The van der Waals surface area contributed by atoms with Crippen molar-refractivity contribution in [3.8, 4) is 0 Å². The van der Waals surface area contributed by atoms with Crippen molar-refractivity contribution in [1.29, 1.82) is 0 Å². The highest BCUT2D eigenvalue weighted by atomic mass is 32.2. The number of carbonyl (C=O) groups excluding carboxylic acids is 1. The van der Waals surface area contributed by atoms with Gasteiger partial charge in [0.1, 0.15) is 4.99 Å². The molecule has 18 heavy (non-hydrogen) atoms. The molecule has 0 aromatic heterocycles. The third-order valence-corrected chi connectivity index (χ3v) is 4.29. The van der Waals surface area contributed by atoms with Crippen molar-refractivity contribution in [2.45, 2.75) is 12.2 Å². The molecule has 1 aromatic carbocycles. The first-order valence-electron chi connectivity index (χ1n) is 5.88. The first-order chi connectivity index (χ1) is 8.58. The van der Waals surface area contributed by atoms with Crippen molar-refractivity contribution in [3.63, 3.8) is 0 Å². The SMILES string of the molecule is CC1CN(C(=O)c2cccc(C(N)=S)c2)CCS1. The lowest BCUT2D eigenvalue weighted by Gasteiger charge is -2.30. The normalized spacial score (nSPS) is 19.6. The number of amides is 1. The summed E-state index contributed by atoms with van der Waals surface area (Å²) in [6.07, 6.45) is 0. The summed E-state index contributed by atoms with van der Waals surface area (Å²) in [5.41, 5.74) is 7.00. The Morgan fingerprint density at radius 2 is 2.22 bits per heavy atom. The van der Waals surface area contributed by atoms with Crippen LogP contribution in [0.4, 0.5) is 0 Å². The van der Waals surface area contributed by atoms with Gasteiger partial charge in [-0.25, -0.2) is 0 Å². The van der Waals surface area contributed by atoms with E-state index in [0.29, 0.717) is 15.8 Å². The molecule has 0 saturated carbocycles. The highest BCUT2D eigenvalue weighted by Gasteiger charge is 2.22. The van der Waals surface area contributed by atoms with Crippen LogP contribution in [0.5, 0.6) is 0 Å². The van der Waals surface area contributed by atoms with Gasteiger partial charge in [-0.3, -0.25) is 4.79 Å². The maximum Gasteiger partial charge on any atom is 0.253 e. The quantitative estimate of drug-likeness (QED) is 0.841. The number of hydrogen-bond acceptors (Lipinski definition) is 3. The zero-order chi connectivity index (χ0) is 13.1. The van der Waals surface area contributed by atoms with Crippen LogP contribution in [0.3, 0.4) is 0 Å². The van der Waals surface area contributed by atoms with Crippen LogP contribution < -0.4 is 5.73 Å². The number of nitrogens with zero attached hydrogens (tertiary/aromatic N) is 1. The van der Waals surface area contributed by atoms with E-state index in [1.54, 1.807) is 6.07 Å². The van der Waals surface area contributed by atoms with Gasteiger partial charge in [0.05, 0.1) is 0 Å². The van der Waals surface area contributed by atoms with Crippen LogP contribution in [0.25, 0.3) is 0 Å². The maximum atomic E-state index is 12.4. The topological polar surface area (TPSA) is 46.3 Å². The summed E-state index contributed by atoms with van der Waals surface area (Å²) in [5, 5.41) is 0.501. The summed E-state index contributed by atoms with van der Waals surface area (Å²) >= 11 is 6.84. The average molecular weight is 280 g/mol. The molecular formula is C13H16N2OS2. The first-order valence-corrected chi connectivity index (χ1v) is 7.34. The Morgan fingerprint density at radius 3 is 2.89 bits per heavy atom. The Labute approximate surface area is 117 Å². The van der Waals surface area contributed by atoms with E-state index in [1.165, 1.54) is 0 Å². The number of hydrogen-bond donors (Lipinski definition) is 1. The molecule has 0 aliphatic carbocycles. The molecule has 1 fully saturated rings. The van der Waals surface area contributed by atoms with Crippen LogP contribution in [-0.4, -0.2) is 39.9 Å². The second-order valence-corrected chi connectivity index (χ2v) is 6.36. The lowest BCUT2D eigenvalue weighted by Crippen LogP contribution is -2.41. The number of carbonyl (C=O) groups is 1. The van der Waals surface area contributed by atoms with Crippen molar-refractivity contribution in [3.05, 3.63) is 35.4 Å². The van der Waals surface area contributed by atoms with E-state index in [4.69, 9.17) is 18.0 Å². The minimum Gasteiger partial charge on any atom is -0.389 e. The molecule has 2 N–H and O–H groups in total. The van der Waals surface area contributed by atoms with E-state index in [-0.39, 0.29) is 5.91 Å². The summed E-state index contributed by atoms with van der Waals surface area (Å²) in [5.74, 6) is 1.07. The third-order valence-electron chi connectivity index (χ3n) is 2.92. The van der Waals surface area contributed by atoms with Crippen molar-refractivity contribution >= 4 is 34.9 Å². The van der Waals surface area contributed by atoms with E-state index < -0.39 is 0 Å². The molecule has 3 nitrogen and oxygen atoms in total. The predicted molar refractivity (Wildman–Crippen MR) is 80.2 cm³/mol. The zero-order valence-electron chi connectivity index (χ0n) is 10.3. The molecule has 0 radical (unpaired) electrons. The number of thiocarbonyl (C=S) groups is 1. The molecule has 1 unspecified atom stereocenters. The molecular weight excluding hydrogens is 264 g/mol. The number of nitrogens with two attached hydrogens (primary N) is 1. The van der Waals surface area contributed by atoms with Gasteiger partial charge in [0.15, 0.2) is 0 Å². The Morgan fingerprint density at radius 1 is 1.50 bits per heavy atom. The average Bonchev–Trinajstić information content (AvgIpc) is 2.38. The van der Waals surface area contributed by atoms with Gasteiger partial charge in [0, 0.05) is 35.2 Å². The monoisotopic (exact) mass is 280 g/mol. The Balaban J connectivity index is 2.17. The van der Waals surface area contributed by atoms with E-state index in [9.17, 15) is 4.79 Å². The summed E-state index contributed by atoms with van der Waals surface area (Å²) in [4.78, 5) is 14.6. The van der Waals surface area contributed by atoms with Gasteiger partial charge in [-0.05, 0) is 12.1 Å². The maximum absolute atomic E-state index is 12.4. The minimum absolute atomic E-state index is 0.0697. The molecule has 1 aliphatic heterocycles. The Kier molecular flexibility index (Phi) is 4.24. The fourth-order valence-electron chi connectivity index (χ4n) is 1.99. The molecule has 0 bridgehead atoms. The Bertz CT molecular complexity index is 476. The van der Waals surface area contributed by atoms with Crippen LogP contribution in [-0.2, 0) is 0 Å². The number of thioether (sulfide) groups is 1. The summed E-state index contributed by atoms with van der Waals surface area (Å²) in [6, 6.07) is 7.24. The second-order valence-electron chi connectivity index (χ2n) is 4.38. The first kappa shape index (κ1) is 13.4. The molecule has 1 amide bonds. The highest BCUT2D eigenvalue weighted by Crippen LogP contribution is 2.19. The number of rotatable bonds is 2. The standard InChI is InChI=1S/C13H16N2OS2/c1-9-8-15(5-6-18-9)13(16)11-4-2-3-10(7-11)12(14)17/h2-4,7,9H,5-6,8H2,1H3,(H2,14,17). The van der Waals surface area contributed by atoms with Gasteiger partial charge in [-0.2, -0.15) is 11.8 Å². The van der Waals surface area contributed by atoms with Gasteiger partial charge >= 0.3 is 0 Å². The summed E-state index contributed by atoms with van der Waals surface area (Å²) < 4.78 is 0. The lowest BCUT2D eigenvalue weighted by molar-refractivity contribution is 0.0763. The van der Waals surface area contributed by atoms with E-state index in [0.717, 1.165) is 24.4 Å². The van der Waals surface area contributed by atoms with Gasteiger partial charge in [-0.1, -0.05) is 31.3 Å². The molecule has 0 spiro atoms. The van der Waals surface area contributed by atoms with Crippen molar-refractivity contribution in [1.82, 2.24) is 4.90 Å². The van der Waals surface area contributed by atoms with Gasteiger partial charge in [0.2, 0.25) is 0 Å². The fraction of sp³-hybridized carbons (Fsp3) is 0.385. The van der Waals surface area contributed by atoms with Gasteiger partial charge in [-0.15, -0.1) is 0 Å². The van der Waals surface area contributed by atoms with E-state index in [2.05, 4.69) is 6.92 Å². The smallest absolute Gasteiger partial charge is 0.253 e.